The lowest BCUT2D eigenvalue weighted by molar-refractivity contribution is -0.117. The van der Waals surface area contributed by atoms with E-state index in [-0.39, 0.29) is 42.3 Å². The number of halogens is 3. The van der Waals surface area contributed by atoms with Crippen molar-refractivity contribution in [2.45, 2.75) is 19.0 Å². The highest BCUT2D eigenvalue weighted by Crippen LogP contribution is 2.37. The van der Waals surface area contributed by atoms with Crippen LogP contribution in [-0.2, 0) is 9.53 Å². The quantitative estimate of drug-likeness (QED) is 0.834. The second kappa shape index (κ2) is 8.39. The van der Waals surface area contributed by atoms with E-state index in [0.29, 0.717) is 18.8 Å². The highest BCUT2D eigenvalue weighted by atomic mass is 19.1. The predicted molar refractivity (Wildman–Crippen MR) is 96.4 cm³/mol. The first-order chi connectivity index (χ1) is 13.0. The molecule has 0 radical (unpaired) electrons. The molecule has 2 aromatic rings. The number of hydrogen-bond donors (Lipinski definition) is 1. The number of hydrogen-bond acceptors (Lipinski definition) is 4. The van der Waals surface area contributed by atoms with Gasteiger partial charge >= 0.3 is 0 Å². The van der Waals surface area contributed by atoms with Crippen LogP contribution >= 0.6 is 0 Å². The normalized spacial score (nSPS) is 16.6. The Morgan fingerprint density at radius 3 is 2.85 bits per heavy atom. The van der Waals surface area contributed by atoms with E-state index in [1.54, 1.807) is 4.90 Å². The van der Waals surface area contributed by atoms with Crippen molar-refractivity contribution in [1.29, 1.82) is 0 Å². The standard InChI is InChI=1S/C19H20F3N3O2/c1-27-9-6-17(26)24-18-14(15-10-12(20)2-3-16(15)22)4-7-23-19(18)25-8-5-13(21)11-25/h2-4,7,10,13H,5-6,8-9,11H2,1H3,(H,24,26)/t13-/m0/s1. The number of carbonyl (C=O) groups excluding carboxylic acids is 1. The van der Waals surface area contributed by atoms with Gasteiger partial charge in [0.2, 0.25) is 5.91 Å². The number of methoxy groups -OCH3 is 1. The number of anilines is 2. The first kappa shape index (κ1) is 19.2. The highest BCUT2D eigenvalue weighted by Gasteiger charge is 2.27. The molecule has 1 N–H and O–H groups in total. The van der Waals surface area contributed by atoms with Crippen LogP contribution in [0.2, 0.25) is 0 Å². The Balaban J connectivity index is 2.06. The number of carbonyl (C=O) groups is 1. The van der Waals surface area contributed by atoms with Gasteiger partial charge in [0.1, 0.15) is 17.8 Å². The Morgan fingerprint density at radius 1 is 1.33 bits per heavy atom. The third kappa shape index (κ3) is 4.39. The largest absolute Gasteiger partial charge is 0.384 e. The Kier molecular flexibility index (Phi) is 5.95. The molecule has 1 amide bonds. The lowest BCUT2D eigenvalue weighted by Crippen LogP contribution is -2.24. The molecule has 0 aliphatic carbocycles. The molecule has 8 heteroatoms. The van der Waals surface area contributed by atoms with Crippen LogP contribution in [0.4, 0.5) is 24.7 Å². The molecule has 1 saturated heterocycles. The van der Waals surface area contributed by atoms with Crippen molar-refractivity contribution in [3.05, 3.63) is 42.1 Å². The van der Waals surface area contributed by atoms with Gasteiger partial charge < -0.3 is 15.0 Å². The Morgan fingerprint density at radius 2 is 2.15 bits per heavy atom. The molecule has 0 spiro atoms. The van der Waals surface area contributed by atoms with Crippen LogP contribution in [0.5, 0.6) is 0 Å². The van der Waals surface area contributed by atoms with E-state index in [2.05, 4.69) is 10.3 Å². The van der Waals surface area contributed by atoms with Crippen LogP contribution in [0, 0.1) is 11.6 Å². The molecule has 5 nitrogen and oxygen atoms in total. The topological polar surface area (TPSA) is 54.5 Å². The fraction of sp³-hybridized carbons (Fsp3) is 0.368. The van der Waals surface area contributed by atoms with Crippen LogP contribution in [0.3, 0.4) is 0 Å². The van der Waals surface area contributed by atoms with Gasteiger partial charge in [0, 0.05) is 31.0 Å². The number of aromatic nitrogens is 1. The van der Waals surface area contributed by atoms with Gasteiger partial charge in [0.05, 0.1) is 25.3 Å². The minimum Gasteiger partial charge on any atom is -0.384 e. The molecule has 1 atom stereocenters. The number of rotatable bonds is 6. The molecule has 1 aliphatic heterocycles. The SMILES string of the molecule is COCCC(=O)Nc1c(-c2cc(F)ccc2F)ccnc1N1CC[C@H](F)C1. The molecular formula is C19H20F3N3O2. The maximum Gasteiger partial charge on any atom is 0.226 e. The first-order valence-electron chi connectivity index (χ1n) is 8.62. The number of alkyl halides is 1. The fourth-order valence-electron chi connectivity index (χ4n) is 3.05. The van der Waals surface area contributed by atoms with E-state index < -0.39 is 17.8 Å². The summed E-state index contributed by atoms with van der Waals surface area (Å²) in [6.45, 7) is 0.759. The number of nitrogens with one attached hydrogen (secondary N) is 1. The fourth-order valence-corrected chi connectivity index (χ4v) is 3.05. The van der Waals surface area contributed by atoms with Gasteiger partial charge in [-0.3, -0.25) is 4.79 Å². The van der Waals surface area contributed by atoms with Gasteiger partial charge in [0.15, 0.2) is 5.82 Å². The van der Waals surface area contributed by atoms with E-state index in [0.717, 1.165) is 18.2 Å². The molecular weight excluding hydrogens is 359 g/mol. The zero-order valence-corrected chi connectivity index (χ0v) is 14.8. The van der Waals surface area contributed by atoms with Crippen LogP contribution in [0.1, 0.15) is 12.8 Å². The van der Waals surface area contributed by atoms with Gasteiger partial charge in [-0.15, -0.1) is 0 Å². The molecule has 1 fully saturated rings. The monoisotopic (exact) mass is 379 g/mol. The van der Waals surface area contributed by atoms with Crippen molar-refractivity contribution in [1.82, 2.24) is 4.98 Å². The van der Waals surface area contributed by atoms with Gasteiger partial charge in [0.25, 0.3) is 0 Å². The zero-order valence-electron chi connectivity index (χ0n) is 14.8. The maximum absolute atomic E-state index is 14.4. The van der Waals surface area contributed by atoms with Gasteiger partial charge in [-0.2, -0.15) is 0 Å². The summed E-state index contributed by atoms with van der Waals surface area (Å²) in [6, 6.07) is 4.60. The van der Waals surface area contributed by atoms with Gasteiger partial charge in [-0.1, -0.05) is 0 Å². The maximum atomic E-state index is 14.4. The molecule has 0 bridgehead atoms. The van der Waals surface area contributed by atoms with Crippen molar-refractivity contribution in [3.8, 4) is 11.1 Å². The van der Waals surface area contributed by atoms with Crippen LogP contribution in [0.15, 0.2) is 30.5 Å². The third-order valence-corrected chi connectivity index (χ3v) is 4.38. The van der Waals surface area contributed by atoms with Gasteiger partial charge in [-0.25, -0.2) is 18.2 Å². The number of nitrogens with zero attached hydrogens (tertiary/aromatic N) is 2. The van der Waals surface area contributed by atoms with E-state index in [9.17, 15) is 18.0 Å². The van der Waals surface area contributed by atoms with Crippen LogP contribution < -0.4 is 10.2 Å². The molecule has 27 heavy (non-hydrogen) atoms. The van der Waals surface area contributed by atoms with E-state index >= 15 is 0 Å². The summed E-state index contributed by atoms with van der Waals surface area (Å²) >= 11 is 0. The van der Waals surface area contributed by atoms with Crippen LogP contribution in [-0.4, -0.2) is 43.9 Å². The van der Waals surface area contributed by atoms with Crippen molar-refractivity contribution in [3.63, 3.8) is 0 Å². The van der Waals surface area contributed by atoms with Gasteiger partial charge in [-0.05, 0) is 30.7 Å². The minimum absolute atomic E-state index is 0.00307. The summed E-state index contributed by atoms with van der Waals surface area (Å²) in [6.07, 6.45) is 0.864. The number of benzene rings is 1. The molecule has 1 aromatic carbocycles. The lowest BCUT2D eigenvalue weighted by atomic mass is 10.0. The smallest absolute Gasteiger partial charge is 0.226 e. The van der Waals surface area contributed by atoms with Crippen molar-refractivity contribution in [2.75, 3.05) is 37.0 Å². The Hall–Kier alpha value is -2.61. The van der Waals surface area contributed by atoms with E-state index in [4.69, 9.17) is 4.74 Å². The third-order valence-electron chi connectivity index (χ3n) is 4.38. The van der Waals surface area contributed by atoms with E-state index in [1.807, 2.05) is 0 Å². The molecule has 144 valence electrons. The second-order valence-corrected chi connectivity index (χ2v) is 6.30. The summed E-state index contributed by atoms with van der Waals surface area (Å²) < 4.78 is 46.6. The van der Waals surface area contributed by atoms with Crippen molar-refractivity contribution >= 4 is 17.4 Å². The zero-order chi connectivity index (χ0) is 19.4. The average Bonchev–Trinajstić information content (AvgIpc) is 3.08. The van der Waals surface area contributed by atoms with Crippen LogP contribution in [0.25, 0.3) is 11.1 Å². The second-order valence-electron chi connectivity index (χ2n) is 6.30. The molecule has 1 aromatic heterocycles. The number of amides is 1. The van der Waals surface area contributed by atoms with Crippen molar-refractivity contribution in [2.24, 2.45) is 0 Å². The summed E-state index contributed by atoms with van der Waals surface area (Å²) in [5.41, 5.74) is 0.513. The summed E-state index contributed by atoms with van der Waals surface area (Å²) in [7, 11) is 1.47. The summed E-state index contributed by atoms with van der Waals surface area (Å²) in [4.78, 5) is 18.2. The average molecular weight is 379 g/mol. The number of ether oxygens (including phenoxy) is 1. The molecule has 3 rings (SSSR count). The predicted octanol–water partition coefficient (Wildman–Crippen LogP) is 3.55. The number of pyridine rings is 1. The highest BCUT2D eigenvalue weighted by molar-refractivity contribution is 5.99. The first-order valence-corrected chi connectivity index (χ1v) is 8.62. The summed E-state index contributed by atoms with van der Waals surface area (Å²) in [5.74, 6) is -1.26. The molecule has 1 aliphatic rings. The lowest BCUT2D eigenvalue weighted by Gasteiger charge is -2.22. The van der Waals surface area contributed by atoms with E-state index in [1.165, 1.54) is 19.4 Å². The van der Waals surface area contributed by atoms with Crippen molar-refractivity contribution < 1.29 is 22.7 Å². The minimum atomic E-state index is -1.00. The Labute approximate surface area is 155 Å². The molecule has 0 saturated carbocycles. The Bertz CT molecular complexity index is 832. The molecule has 2 heterocycles. The summed E-state index contributed by atoms with van der Waals surface area (Å²) in [5, 5.41) is 2.72. The molecule has 0 unspecified atom stereocenters.